The number of rotatable bonds is 6. The van der Waals surface area contributed by atoms with Gasteiger partial charge < -0.3 is 20.3 Å². The van der Waals surface area contributed by atoms with Crippen LogP contribution in [0, 0.1) is 0 Å². The van der Waals surface area contributed by atoms with E-state index in [0.29, 0.717) is 6.42 Å². The minimum absolute atomic E-state index is 0. The fourth-order valence-electron chi connectivity index (χ4n) is 4.43. The van der Waals surface area contributed by atoms with Crippen LogP contribution in [0.2, 0.25) is 0 Å². The van der Waals surface area contributed by atoms with Gasteiger partial charge in [-0.25, -0.2) is 0 Å². The van der Waals surface area contributed by atoms with E-state index in [2.05, 4.69) is 58.6 Å². The van der Waals surface area contributed by atoms with Gasteiger partial charge in [-0.3, -0.25) is 14.7 Å². The maximum atomic E-state index is 11.9. The van der Waals surface area contributed by atoms with Gasteiger partial charge in [0.2, 0.25) is 5.91 Å². The average molecular weight is 543 g/mol. The number of carbonyl (C=O) groups is 1. The second-order valence-electron chi connectivity index (χ2n) is 8.47. The van der Waals surface area contributed by atoms with Crippen molar-refractivity contribution in [2.24, 2.45) is 4.99 Å². The zero-order valence-electron chi connectivity index (χ0n) is 19.3. The molecule has 0 radical (unpaired) electrons. The van der Waals surface area contributed by atoms with Gasteiger partial charge in [0.25, 0.3) is 0 Å². The lowest BCUT2D eigenvalue weighted by atomic mass is 10.1. The fraction of sp³-hybridized carbons (Fsp3) is 0.652. The van der Waals surface area contributed by atoms with Crippen molar-refractivity contribution in [3.8, 4) is 0 Å². The molecule has 2 saturated heterocycles. The van der Waals surface area contributed by atoms with Crippen molar-refractivity contribution in [3.05, 3.63) is 35.4 Å². The number of nitrogens with zero attached hydrogens (tertiary/aromatic N) is 3. The molecule has 174 valence electrons. The molecule has 2 aliphatic rings. The highest BCUT2D eigenvalue weighted by Crippen LogP contribution is 2.17. The summed E-state index contributed by atoms with van der Waals surface area (Å²) in [5.74, 6) is 1.01. The summed E-state index contributed by atoms with van der Waals surface area (Å²) in [6.45, 7) is 11.3. The summed E-state index contributed by atoms with van der Waals surface area (Å²) in [6.07, 6.45) is 2.06. The van der Waals surface area contributed by atoms with E-state index in [0.717, 1.165) is 51.6 Å². The highest BCUT2D eigenvalue weighted by molar-refractivity contribution is 14.0. The molecule has 31 heavy (non-hydrogen) atoms. The van der Waals surface area contributed by atoms with Gasteiger partial charge in [0.05, 0.1) is 12.2 Å². The van der Waals surface area contributed by atoms with E-state index in [-0.39, 0.29) is 48.1 Å². The summed E-state index contributed by atoms with van der Waals surface area (Å²) in [5.41, 5.74) is 2.61. The number of ether oxygens (including phenoxy) is 1. The third-order valence-electron chi connectivity index (χ3n) is 5.86. The van der Waals surface area contributed by atoms with Crippen LogP contribution < -0.4 is 10.6 Å². The van der Waals surface area contributed by atoms with Crippen LogP contribution in [-0.4, -0.2) is 73.1 Å². The summed E-state index contributed by atoms with van der Waals surface area (Å²) >= 11 is 0. The number of aliphatic imine (C=N–C) groups is 1. The average Bonchev–Trinajstić information content (AvgIpc) is 3.19. The second kappa shape index (κ2) is 12.6. The standard InChI is InChI=1S/C23H37N5O2.HI/c1-5-22(29)28-11-10-21(16-28)26-23(24-4)25-12-19-8-6-7-9-20(19)15-27-13-17(2)30-18(3)14-27;/h6-9,17-18,21H,5,10-16H2,1-4H3,(H2,24,25,26);1H. The summed E-state index contributed by atoms with van der Waals surface area (Å²) in [6, 6.07) is 8.84. The Morgan fingerprint density at radius 2 is 1.84 bits per heavy atom. The lowest BCUT2D eigenvalue weighted by Gasteiger charge is -2.35. The Balaban J connectivity index is 0.00000341. The topological polar surface area (TPSA) is 69.2 Å². The molecular weight excluding hydrogens is 505 g/mol. The van der Waals surface area contributed by atoms with Crippen LogP contribution in [0.4, 0.5) is 0 Å². The van der Waals surface area contributed by atoms with Crippen molar-refractivity contribution >= 4 is 35.8 Å². The molecule has 2 aliphatic heterocycles. The summed E-state index contributed by atoms with van der Waals surface area (Å²) < 4.78 is 5.87. The summed E-state index contributed by atoms with van der Waals surface area (Å²) in [5, 5.41) is 6.93. The SMILES string of the molecule is CCC(=O)N1CCC(NC(=NC)NCc2ccccc2CN2CC(C)OC(C)C2)C1.I. The predicted octanol–water partition coefficient (Wildman–Crippen LogP) is 2.59. The van der Waals surface area contributed by atoms with Gasteiger partial charge in [0, 0.05) is 58.8 Å². The number of morpholine rings is 1. The number of nitrogens with one attached hydrogen (secondary N) is 2. The minimum atomic E-state index is 0. The first kappa shape index (κ1) is 25.9. The maximum Gasteiger partial charge on any atom is 0.222 e. The van der Waals surface area contributed by atoms with Crippen molar-refractivity contribution in [3.63, 3.8) is 0 Å². The maximum absolute atomic E-state index is 11.9. The van der Waals surface area contributed by atoms with Crippen LogP contribution in [-0.2, 0) is 22.6 Å². The zero-order chi connectivity index (χ0) is 21.5. The van der Waals surface area contributed by atoms with Gasteiger partial charge in [-0.05, 0) is 31.4 Å². The number of benzene rings is 1. The third-order valence-corrected chi connectivity index (χ3v) is 5.86. The number of carbonyl (C=O) groups excluding carboxylic acids is 1. The van der Waals surface area contributed by atoms with Gasteiger partial charge in [-0.2, -0.15) is 0 Å². The summed E-state index contributed by atoms with van der Waals surface area (Å²) in [7, 11) is 1.79. The Morgan fingerprint density at radius 1 is 1.16 bits per heavy atom. The Morgan fingerprint density at radius 3 is 2.48 bits per heavy atom. The first-order valence-electron chi connectivity index (χ1n) is 11.2. The van der Waals surface area contributed by atoms with E-state index in [1.54, 1.807) is 7.05 Å². The molecule has 2 N–H and O–H groups in total. The van der Waals surface area contributed by atoms with E-state index < -0.39 is 0 Å². The number of guanidine groups is 1. The fourth-order valence-corrected chi connectivity index (χ4v) is 4.43. The molecule has 1 amide bonds. The van der Waals surface area contributed by atoms with E-state index in [4.69, 9.17) is 4.74 Å². The van der Waals surface area contributed by atoms with E-state index >= 15 is 0 Å². The van der Waals surface area contributed by atoms with Gasteiger partial charge in [-0.1, -0.05) is 31.2 Å². The number of halogens is 1. The normalized spacial score (nSPS) is 24.6. The van der Waals surface area contributed by atoms with E-state index in [1.807, 2.05) is 11.8 Å². The van der Waals surface area contributed by atoms with Crippen LogP contribution >= 0.6 is 24.0 Å². The molecule has 0 aliphatic carbocycles. The Labute approximate surface area is 204 Å². The third kappa shape index (κ3) is 7.61. The molecular formula is C23H38IN5O2. The molecule has 2 fully saturated rings. The van der Waals surface area contributed by atoms with Gasteiger partial charge in [-0.15, -0.1) is 24.0 Å². The molecule has 0 aromatic heterocycles. The molecule has 7 nitrogen and oxygen atoms in total. The first-order valence-corrected chi connectivity index (χ1v) is 11.2. The number of amides is 1. The Bertz CT molecular complexity index is 734. The van der Waals surface area contributed by atoms with Crippen LogP contribution in [0.3, 0.4) is 0 Å². The van der Waals surface area contributed by atoms with Crippen LogP contribution in [0.15, 0.2) is 29.3 Å². The van der Waals surface area contributed by atoms with Gasteiger partial charge in [0.15, 0.2) is 5.96 Å². The zero-order valence-corrected chi connectivity index (χ0v) is 21.6. The van der Waals surface area contributed by atoms with Crippen LogP contribution in [0.1, 0.15) is 44.7 Å². The molecule has 3 atom stereocenters. The van der Waals surface area contributed by atoms with Crippen molar-refractivity contribution in [1.29, 1.82) is 0 Å². The molecule has 3 rings (SSSR count). The smallest absolute Gasteiger partial charge is 0.222 e. The monoisotopic (exact) mass is 543 g/mol. The molecule has 1 aromatic carbocycles. The van der Waals surface area contributed by atoms with Crippen molar-refractivity contribution in [2.45, 2.75) is 65.0 Å². The van der Waals surface area contributed by atoms with Crippen molar-refractivity contribution < 1.29 is 9.53 Å². The molecule has 0 spiro atoms. The van der Waals surface area contributed by atoms with Crippen molar-refractivity contribution in [2.75, 3.05) is 33.2 Å². The predicted molar refractivity (Wildman–Crippen MR) is 136 cm³/mol. The Kier molecular flexibility index (Phi) is 10.5. The second-order valence-corrected chi connectivity index (χ2v) is 8.47. The number of hydrogen-bond acceptors (Lipinski definition) is 4. The highest BCUT2D eigenvalue weighted by atomic mass is 127. The lowest BCUT2D eigenvalue weighted by molar-refractivity contribution is -0.129. The number of hydrogen-bond donors (Lipinski definition) is 2. The minimum Gasteiger partial charge on any atom is -0.373 e. The molecule has 2 heterocycles. The summed E-state index contributed by atoms with van der Waals surface area (Å²) in [4.78, 5) is 20.7. The van der Waals surface area contributed by atoms with Crippen LogP contribution in [0.25, 0.3) is 0 Å². The largest absolute Gasteiger partial charge is 0.373 e. The van der Waals surface area contributed by atoms with Gasteiger partial charge in [0.1, 0.15) is 0 Å². The molecule has 0 bridgehead atoms. The van der Waals surface area contributed by atoms with E-state index in [1.165, 1.54) is 11.1 Å². The number of likely N-dealkylation sites (tertiary alicyclic amines) is 1. The van der Waals surface area contributed by atoms with Gasteiger partial charge >= 0.3 is 0 Å². The molecule has 8 heteroatoms. The first-order chi connectivity index (χ1) is 14.5. The van der Waals surface area contributed by atoms with E-state index in [9.17, 15) is 4.79 Å². The molecule has 1 aromatic rings. The lowest BCUT2D eigenvalue weighted by Crippen LogP contribution is -2.45. The molecule has 0 saturated carbocycles. The highest BCUT2D eigenvalue weighted by Gasteiger charge is 2.26. The quantitative estimate of drug-likeness (QED) is 0.328. The van der Waals surface area contributed by atoms with Crippen LogP contribution in [0.5, 0.6) is 0 Å². The van der Waals surface area contributed by atoms with Crippen molar-refractivity contribution in [1.82, 2.24) is 20.4 Å². The molecule has 3 unspecified atom stereocenters. The Hall–Kier alpha value is -1.39.